The van der Waals surface area contributed by atoms with Crippen LogP contribution in [0.2, 0.25) is 0 Å². The molecule has 1 atom stereocenters. The second-order valence-electron chi connectivity index (χ2n) is 6.42. The monoisotopic (exact) mass is 414 g/mol. The average molecular weight is 414 g/mol. The minimum atomic E-state index is -5.52. The lowest BCUT2D eigenvalue weighted by Crippen LogP contribution is -2.70. The molecule has 146 valence electrons. The molecule has 2 saturated heterocycles. The Hall–Kier alpha value is -1.24. The molecule has 26 heavy (non-hydrogen) atoms. The third-order valence-corrected chi connectivity index (χ3v) is 9.04. The molecule has 3 heterocycles. The van der Waals surface area contributed by atoms with Crippen molar-refractivity contribution in [3.05, 3.63) is 30.1 Å². The summed E-state index contributed by atoms with van der Waals surface area (Å²) >= 11 is 0. The summed E-state index contributed by atoms with van der Waals surface area (Å²) in [7, 11) is -9.22. The van der Waals surface area contributed by atoms with E-state index in [2.05, 4.69) is 4.98 Å². The minimum absolute atomic E-state index is 0.00963. The molecule has 0 N–H and O–H groups in total. The van der Waals surface area contributed by atoms with Crippen LogP contribution in [-0.4, -0.2) is 61.8 Å². The van der Waals surface area contributed by atoms with Crippen molar-refractivity contribution in [3.8, 4) is 0 Å². The zero-order chi connectivity index (χ0) is 19.2. The largest absolute Gasteiger partial charge is 0.511 e. The van der Waals surface area contributed by atoms with Crippen molar-refractivity contribution in [1.82, 2.24) is 9.29 Å². The van der Waals surface area contributed by atoms with Crippen LogP contribution in [0.3, 0.4) is 0 Å². The smallest absolute Gasteiger partial charge is 0.375 e. The van der Waals surface area contributed by atoms with E-state index in [1.165, 1.54) is 0 Å². The van der Waals surface area contributed by atoms with Crippen LogP contribution in [-0.2, 0) is 31.2 Å². The molecule has 1 aromatic rings. The van der Waals surface area contributed by atoms with Gasteiger partial charge in [0, 0.05) is 25.2 Å². The number of ether oxygens (including phenoxy) is 1. The van der Waals surface area contributed by atoms with Crippen molar-refractivity contribution in [2.24, 2.45) is 5.92 Å². The van der Waals surface area contributed by atoms with Gasteiger partial charge in [0.25, 0.3) is 0 Å². The Balaban J connectivity index is 1.69. The molecule has 0 aromatic carbocycles. The molecular formula is C14H17F3N2O5S2. The van der Waals surface area contributed by atoms with Gasteiger partial charge in [-0.2, -0.15) is 17.5 Å². The third-order valence-electron chi connectivity index (χ3n) is 4.91. The first-order valence-electron chi connectivity index (χ1n) is 7.76. The number of sulfone groups is 1. The predicted molar refractivity (Wildman–Crippen MR) is 85.1 cm³/mol. The van der Waals surface area contributed by atoms with E-state index in [-0.39, 0.29) is 29.7 Å². The Kier molecular flexibility index (Phi) is 4.83. The van der Waals surface area contributed by atoms with Crippen molar-refractivity contribution in [2.75, 3.05) is 25.4 Å². The molecule has 1 aromatic heterocycles. The first kappa shape index (κ1) is 19.5. The topological polar surface area (TPSA) is 93.6 Å². The first-order valence-corrected chi connectivity index (χ1v) is 10.9. The van der Waals surface area contributed by atoms with Crippen molar-refractivity contribution >= 4 is 19.9 Å². The highest BCUT2D eigenvalue weighted by atomic mass is 32.2. The number of pyridine rings is 1. The molecule has 0 aliphatic carbocycles. The fraction of sp³-hybridized carbons (Fsp3) is 0.643. The average Bonchev–Trinajstić information content (AvgIpc) is 2.76. The van der Waals surface area contributed by atoms with Crippen LogP contribution >= 0.6 is 0 Å². The highest BCUT2D eigenvalue weighted by molar-refractivity contribution is 7.93. The molecule has 12 heteroatoms. The molecule has 2 aliphatic heterocycles. The van der Waals surface area contributed by atoms with E-state index in [9.17, 15) is 30.0 Å². The number of rotatable bonds is 5. The highest BCUT2D eigenvalue weighted by Crippen LogP contribution is 2.47. The van der Waals surface area contributed by atoms with Crippen LogP contribution in [0, 0.1) is 5.92 Å². The lowest BCUT2D eigenvalue weighted by molar-refractivity contribution is -0.0532. The third kappa shape index (κ3) is 3.12. The molecule has 2 fully saturated rings. The van der Waals surface area contributed by atoms with Gasteiger partial charge in [0.1, 0.15) is 4.75 Å². The van der Waals surface area contributed by atoms with E-state index < -0.39 is 49.1 Å². The van der Waals surface area contributed by atoms with Gasteiger partial charge in [-0.3, -0.25) is 4.98 Å². The number of alkyl halides is 3. The summed E-state index contributed by atoms with van der Waals surface area (Å²) in [6.45, 7) is -1.22. The number of sulfonamides is 1. The van der Waals surface area contributed by atoms with E-state index in [0.717, 1.165) is 0 Å². The maximum atomic E-state index is 12.6. The van der Waals surface area contributed by atoms with Crippen LogP contribution in [0.5, 0.6) is 0 Å². The maximum absolute atomic E-state index is 12.6. The molecule has 0 radical (unpaired) electrons. The second kappa shape index (κ2) is 6.43. The highest BCUT2D eigenvalue weighted by Gasteiger charge is 2.67. The summed E-state index contributed by atoms with van der Waals surface area (Å²) in [6.07, 6.45) is 1.80. The number of nitrogens with zero attached hydrogens (tertiary/aromatic N) is 2. The van der Waals surface area contributed by atoms with Crippen LogP contribution in [0.1, 0.15) is 12.1 Å². The van der Waals surface area contributed by atoms with Gasteiger partial charge in [0.2, 0.25) is 0 Å². The van der Waals surface area contributed by atoms with Crippen molar-refractivity contribution in [3.63, 3.8) is 0 Å². The first-order chi connectivity index (χ1) is 12.0. The summed E-state index contributed by atoms with van der Waals surface area (Å²) < 4.78 is 89.8. The predicted octanol–water partition coefficient (Wildman–Crippen LogP) is 0.937. The molecule has 0 bridgehead atoms. The van der Waals surface area contributed by atoms with Gasteiger partial charge in [0.15, 0.2) is 9.84 Å². The summed E-state index contributed by atoms with van der Waals surface area (Å²) in [5.74, 6) is -0.749. The van der Waals surface area contributed by atoms with Gasteiger partial charge >= 0.3 is 15.5 Å². The fourth-order valence-electron chi connectivity index (χ4n) is 3.36. The summed E-state index contributed by atoms with van der Waals surface area (Å²) in [6, 6.07) is 5.22. The summed E-state index contributed by atoms with van der Waals surface area (Å²) in [4.78, 5) is 4.06. The molecule has 3 rings (SSSR count). The van der Waals surface area contributed by atoms with Gasteiger partial charge in [-0.25, -0.2) is 16.8 Å². The van der Waals surface area contributed by atoms with Gasteiger partial charge < -0.3 is 4.74 Å². The Morgan fingerprint density at radius 3 is 2.58 bits per heavy atom. The minimum Gasteiger partial charge on any atom is -0.375 e. The van der Waals surface area contributed by atoms with Gasteiger partial charge in [0.05, 0.1) is 24.7 Å². The normalized spacial score (nSPS) is 25.3. The molecule has 0 saturated carbocycles. The van der Waals surface area contributed by atoms with E-state index in [1.54, 1.807) is 24.4 Å². The molecule has 7 nitrogen and oxygen atoms in total. The second-order valence-corrected chi connectivity index (χ2v) is 10.8. The lowest BCUT2D eigenvalue weighted by atomic mass is 9.85. The van der Waals surface area contributed by atoms with Gasteiger partial charge in [-0.15, -0.1) is 0 Å². The molecule has 0 amide bonds. The van der Waals surface area contributed by atoms with Crippen LogP contribution in [0.15, 0.2) is 24.4 Å². The number of aromatic nitrogens is 1. The summed E-state index contributed by atoms with van der Waals surface area (Å²) in [5, 5.41) is 0. The molecule has 1 spiro atoms. The van der Waals surface area contributed by atoms with E-state index in [4.69, 9.17) is 4.74 Å². The van der Waals surface area contributed by atoms with Crippen LogP contribution in [0.25, 0.3) is 0 Å². The summed E-state index contributed by atoms with van der Waals surface area (Å²) in [5.41, 5.74) is -4.81. The zero-order valence-corrected chi connectivity index (χ0v) is 15.1. The van der Waals surface area contributed by atoms with Crippen molar-refractivity contribution in [2.45, 2.75) is 23.3 Å². The molecular weight excluding hydrogens is 397 g/mol. The van der Waals surface area contributed by atoms with Crippen molar-refractivity contribution in [1.29, 1.82) is 0 Å². The number of hydrogen-bond acceptors (Lipinski definition) is 6. The molecule has 2 aliphatic rings. The lowest BCUT2D eigenvalue weighted by Gasteiger charge is -2.48. The number of hydrogen-bond donors (Lipinski definition) is 0. The van der Waals surface area contributed by atoms with Gasteiger partial charge in [-0.05, 0) is 18.6 Å². The maximum Gasteiger partial charge on any atom is 0.511 e. The molecule has 0 unspecified atom stereocenters. The standard InChI is InChI=1S/C14H17F3N2O5S2/c15-14(16,17)26(22,23)19-9-13(10-19)11(4-6-25(13,20)21)7-24-8-12-3-1-2-5-18-12/h1-3,5,11H,4,6-10H2/t11-/m1/s1. The van der Waals surface area contributed by atoms with E-state index in [0.29, 0.717) is 5.69 Å². The Bertz CT molecular complexity index is 866. The SMILES string of the molecule is O=S1(=O)CC[C@H](COCc2ccccn2)C12CN(S(=O)(=O)C(F)(F)F)C2. The Morgan fingerprint density at radius 1 is 1.31 bits per heavy atom. The van der Waals surface area contributed by atoms with Crippen LogP contribution < -0.4 is 0 Å². The van der Waals surface area contributed by atoms with Crippen LogP contribution in [0.4, 0.5) is 13.2 Å². The van der Waals surface area contributed by atoms with E-state index >= 15 is 0 Å². The Morgan fingerprint density at radius 2 is 2.00 bits per heavy atom. The van der Waals surface area contributed by atoms with Crippen molar-refractivity contribution < 1.29 is 34.7 Å². The van der Waals surface area contributed by atoms with Gasteiger partial charge in [-0.1, -0.05) is 6.07 Å². The van der Waals surface area contributed by atoms with E-state index in [1.807, 2.05) is 0 Å². The fourth-order valence-corrected chi connectivity index (χ4v) is 7.02. The Labute approximate surface area is 149 Å². The number of halogens is 3. The quantitative estimate of drug-likeness (QED) is 0.712. The zero-order valence-electron chi connectivity index (χ0n) is 13.5.